The Balaban J connectivity index is 2.89. The lowest BCUT2D eigenvalue weighted by molar-refractivity contribution is 0.144. The van der Waals surface area contributed by atoms with Crippen LogP contribution in [-0.4, -0.2) is 16.6 Å². The third kappa shape index (κ3) is 17.8. The van der Waals surface area contributed by atoms with Crippen LogP contribution in [0.25, 0.3) is 0 Å². The van der Waals surface area contributed by atoms with Gasteiger partial charge in [0.15, 0.2) is 0 Å². The Bertz CT molecular complexity index is 176. The highest BCUT2D eigenvalue weighted by molar-refractivity contribution is 5.91. The molecule has 0 amide bonds. The second-order valence-corrected chi connectivity index (χ2v) is 5.82. The van der Waals surface area contributed by atoms with Gasteiger partial charge in [0.25, 0.3) is 0 Å². The van der Waals surface area contributed by atoms with Crippen molar-refractivity contribution in [3.05, 3.63) is 0 Å². The second kappa shape index (κ2) is 17.8. The lowest BCUT2D eigenvalue weighted by atomic mass is 10.0. The monoisotopic (exact) mass is 285 g/mol. The first-order valence-electron chi connectivity index (χ1n) is 8.49. The summed E-state index contributed by atoms with van der Waals surface area (Å²) in [5, 5.41) is 0. The molecule has 0 aromatic heterocycles. The second-order valence-electron chi connectivity index (χ2n) is 5.56. The maximum Gasteiger partial charge on any atom is 0.148 e. The number of nitrogens with zero attached hydrogens (tertiary/aromatic N) is 1. The Kier molecular flexibility index (Phi) is 17.6. The van der Waals surface area contributed by atoms with Crippen molar-refractivity contribution >= 4 is 10.0 Å². The highest BCUT2D eigenvalue weighted by Crippen LogP contribution is 2.12. The molecule has 2 nitrogen and oxygen atoms in total. The van der Waals surface area contributed by atoms with Gasteiger partial charge >= 0.3 is 0 Å². The quantitative estimate of drug-likeness (QED) is 0.216. The van der Waals surface area contributed by atoms with E-state index in [1.165, 1.54) is 99.9 Å². The Morgan fingerprint density at radius 3 is 1.37 bits per heavy atom. The van der Waals surface area contributed by atoms with E-state index in [4.69, 9.17) is 4.84 Å². The first kappa shape index (κ1) is 18.8. The van der Waals surface area contributed by atoms with Crippen LogP contribution >= 0.6 is 0 Å². The van der Waals surface area contributed by atoms with E-state index in [-0.39, 0.29) is 0 Å². The molecule has 0 aliphatic heterocycles. The van der Waals surface area contributed by atoms with Gasteiger partial charge in [0, 0.05) is 0 Å². The molecule has 0 saturated carbocycles. The fourth-order valence-electron chi connectivity index (χ4n) is 2.43. The van der Waals surface area contributed by atoms with Crippen LogP contribution in [0.3, 0.4) is 0 Å². The number of unbranched alkanes of at least 4 members (excludes halogenated alkanes) is 13. The van der Waals surface area contributed by atoms with Crippen molar-refractivity contribution in [2.24, 2.45) is 4.80 Å². The van der Waals surface area contributed by atoms with Gasteiger partial charge in [-0.05, 0) is 12.8 Å². The van der Waals surface area contributed by atoms with E-state index >= 15 is 0 Å². The predicted molar refractivity (Wildman–Crippen MR) is 87.2 cm³/mol. The number of hydrogen-bond acceptors (Lipinski definition) is 2. The minimum atomic E-state index is 0.807. The molecule has 0 N–H and O–H groups in total. The van der Waals surface area contributed by atoms with E-state index in [2.05, 4.69) is 11.7 Å². The molecule has 0 aliphatic carbocycles. The molecule has 0 fully saturated rings. The molecule has 114 valence electrons. The molecule has 0 saturated heterocycles. The van der Waals surface area contributed by atoms with Gasteiger partial charge in [0.2, 0.25) is 0 Å². The molecule has 3 heteroatoms. The minimum Gasteiger partial charge on any atom is -0.407 e. The van der Waals surface area contributed by atoms with Gasteiger partial charge in [-0.25, -0.2) is 0 Å². The summed E-state index contributed by atoms with van der Waals surface area (Å²) >= 11 is 0. The third-order valence-electron chi connectivity index (χ3n) is 3.68. The molecular weight excluding hydrogens is 250 g/mol. The zero-order valence-electron chi connectivity index (χ0n) is 13.2. The third-order valence-corrected chi connectivity index (χ3v) is 3.86. The van der Waals surface area contributed by atoms with Gasteiger partial charge in [-0.15, -0.1) is 0 Å². The fraction of sp³-hybridized carbons (Fsp3) is 1.00. The summed E-state index contributed by atoms with van der Waals surface area (Å²) in [5.74, 6) is 0. The highest BCUT2D eigenvalue weighted by atomic mass is 28.1. The predicted octanol–water partition coefficient (Wildman–Crippen LogP) is 5.22. The van der Waals surface area contributed by atoms with E-state index in [0.717, 1.165) is 6.61 Å². The van der Waals surface area contributed by atoms with Crippen molar-refractivity contribution in [3.8, 4) is 0 Å². The molecular formula is C16H35NOSi. The van der Waals surface area contributed by atoms with Crippen molar-refractivity contribution in [1.82, 2.24) is 0 Å². The number of hydrogen-bond donors (Lipinski definition) is 0. The van der Waals surface area contributed by atoms with E-state index in [1.807, 2.05) is 0 Å². The zero-order valence-corrected chi connectivity index (χ0v) is 14.6. The average molecular weight is 286 g/mol. The normalized spacial score (nSPS) is 10.6. The van der Waals surface area contributed by atoms with Gasteiger partial charge in [0.05, 0.1) is 0 Å². The first-order valence-corrected chi connectivity index (χ1v) is 9.13. The molecule has 0 spiro atoms. The summed E-state index contributed by atoms with van der Waals surface area (Å²) in [5.41, 5.74) is 0. The van der Waals surface area contributed by atoms with Crippen molar-refractivity contribution in [2.75, 3.05) is 6.61 Å². The molecule has 0 unspecified atom stereocenters. The SMILES string of the molecule is CCCCCCCCCCCCCCCCON=[SiH2]. The Hall–Kier alpha value is -0.183. The standard InChI is InChI=1S/C16H35NOSi/c1-2-3-4-5-6-7-8-9-10-11-12-13-14-15-16-18-17-19/h2-16,19H2,1H3. The van der Waals surface area contributed by atoms with Crippen LogP contribution in [0.4, 0.5) is 0 Å². The molecule has 0 aromatic carbocycles. The first-order chi connectivity index (χ1) is 9.41. The number of rotatable bonds is 16. The maximum absolute atomic E-state index is 4.98. The van der Waals surface area contributed by atoms with Crippen molar-refractivity contribution in [3.63, 3.8) is 0 Å². The Morgan fingerprint density at radius 1 is 0.632 bits per heavy atom. The molecule has 0 radical (unpaired) electrons. The van der Waals surface area contributed by atoms with Gasteiger partial charge in [-0.3, -0.25) is 0 Å². The highest BCUT2D eigenvalue weighted by Gasteiger charge is 1.94. The maximum atomic E-state index is 4.98. The molecule has 19 heavy (non-hydrogen) atoms. The Labute approximate surface area is 123 Å². The largest absolute Gasteiger partial charge is 0.407 e. The van der Waals surface area contributed by atoms with Crippen molar-refractivity contribution in [1.29, 1.82) is 0 Å². The van der Waals surface area contributed by atoms with Gasteiger partial charge in [-0.2, -0.15) is 4.80 Å². The van der Waals surface area contributed by atoms with Gasteiger partial charge in [0.1, 0.15) is 16.6 Å². The average Bonchev–Trinajstić information content (AvgIpc) is 2.43. The summed E-state index contributed by atoms with van der Waals surface area (Å²) in [6, 6.07) is 0. The van der Waals surface area contributed by atoms with Crippen LogP contribution in [0.2, 0.25) is 0 Å². The fourth-order valence-corrected chi connectivity index (χ4v) is 2.55. The van der Waals surface area contributed by atoms with Crippen LogP contribution in [0.1, 0.15) is 96.8 Å². The lowest BCUT2D eigenvalue weighted by Crippen LogP contribution is -1.88. The van der Waals surface area contributed by atoms with Crippen LogP contribution < -0.4 is 0 Å². The van der Waals surface area contributed by atoms with Crippen LogP contribution in [0.5, 0.6) is 0 Å². The summed E-state index contributed by atoms with van der Waals surface area (Å²) in [6.45, 7) is 3.09. The topological polar surface area (TPSA) is 21.6 Å². The lowest BCUT2D eigenvalue weighted by Gasteiger charge is -2.03. The Morgan fingerprint density at radius 2 is 1.00 bits per heavy atom. The smallest absolute Gasteiger partial charge is 0.148 e. The van der Waals surface area contributed by atoms with E-state index < -0.39 is 0 Å². The molecule has 0 rings (SSSR count). The van der Waals surface area contributed by atoms with E-state index in [0.29, 0.717) is 0 Å². The summed E-state index contributed by atoms with van der Waals surface area (Å²) in [7, 11) is 1.52. The molecule has 0 aliphatic rings. The molecule has 0 heterocycles. The van der Waals surface area contributed by atoms with Crippen molar-refractivity contribution < 1.29 is 4.84 Å². The molecule has 0 bridgehead atoms. The van der Waals surface area contributed by atoms with Crippen LogP contribution in [0, 0.1) is 0 Å². The van der Waals surface area contributed by atoms with Gasteiger partial charge in [-0.1, -0.05) is 84.0 Å². The molecule has 0 aromatic rings. The summed E-state index contributed by atoms with van der Waals surface area (Å²) in [4.78, 5) is 8.64. The minimum absolute atomic E-state index is 0.807. The van der Waals surface area contributed by atoms with Gasteiger partial charge < -0.3 is 4.84 Å². The van der Waals surface area contributed by atoms with Crippen molar-refractivity contribution in [2.45, 2.75) is 96.8 Å². The van der Waals surface area contributed by atoms with Crippen LogP contribution in [-0.2, 0) is 4.84 Å². The van der Waals surface area contributed by atoms with Crippen LogP contribution in [0.15, 0.2) is 4.80 Å². The summed E-state index contributed by atoms with van der Waals surface area (Å²) < 4.78 is 0. The van der Waals surface area contributed by atoms with E-state index in [1.54, 1.807) is 0 Å². The molecule has 0 atom stereocenters. The van der Waals surface area contributed by atoms with E-state index in [9.17, 15) is 0 Å². The summed E-state index contributed by atoms with van der Waals surface area (Å²) in [6.07, 6.45) is 19.6. The zero-order chi connectivity index (χ0) is 14.0.